The van der Waals surface area contributed by atoms with Gasteiger partial charge in [-0.1, -0.05) is 0 Å². The van der Waals surface area contributed by atoms with Gasteiger partial charge in [0.1, 0.15) is 5.69 Å². The van der Waals surface area contributed by atoms with E-state index in [1.165, 1.54) is 18.3 Å². The van der Waals surface area contributed by atoms with Gasteiger partial charge in [-0.25, -0.2) is 4.98 Å². The van der Waals surface area contributed by atoms with E-state index in [0.29, 0.717) is 11.7 Å². The van der Waals surface area contributed by atoms with Crippen molar-refractivity contribution in [1.82, 2.24) is 10.3 Å². The summed E-state index contributed by atoms with van der Waals surface area (Å²) in [6.45, 7) is 5.38. The standard InChI is InChI=1S/C10H16N4O2S.2ClH/c1-6(15)13-9-14-7(4-17-9)8(16)12-5-10(2,3)11;;/h4H,5,11H2,1-3H3,(H,12,16)(H,13,14,15);2*1H. The lowest BCUT2D eigenvalue weighted by Gasteiger charge is -2.18. The van der Waals surface area contributed by atoms with E-state index in [2.05, 4.69) is 15.6 Å². The summed E-state index contributed by atoms with van der Waals surface area (Å²) in [6, 6.07) is 0. The van der Waals surface area contributed by atoms with E-state index in [-0.39, 0.29) is 42.3 Å². The molecule has 0 aliphatic heterocycles. The molecule has 1 aromatic rings. The molecular formula is C10H18Cl2N4O2S. The number of hydrogen-bond donors (Lipinski definition) is 3. The Morgan fingerprint density at radius 3 is 2.47 bits per heavy atom. The molecule has 0 saturated heterocycles. The molecule has 4 N–H and O–H groups in total. The molecule has 2 amide bonds. The number of carbonyl (C=O) groups is 2. The Labute approximate surface area is 128 Å². The molecule has 0 saturated carbocycles. The Balaban J connectivity index is 0. The molecule has 0 fully saturated rings. The largest absolute Gasteiger partial charge is 0.349 e. The van der Waals surface area contributed by atoms with E-state index < -0.39 is 5.54 Å². The zero-order valence-electron chi connectivity index (χ0n) is 10.9. The van der Waals surface area contributed by atoms with Gasteiger partial charge in [0.25, 0.3) is 5.91 Å². The number of halogens is 2. The minimum atomic E-state index is -0.466. The second-order valence-corrected chi connectivity index (χ2v) is 5.25. The molecule has 6 nitrogen and oxygen atoms in total. The monoisotopic (exact) mass is 328 g/mol. The molecule has 0 radical (unpaired) electrons. The van der Waals surface area contributed by atoms with Crippen LogP contribution in [0.25, 0.3) is 0 Å². The number of aromatic nitrogens is 1. The predicted octanol–water partition coefficient (Wildman–Crippen LogP) is 1.41. The fourth-order valence-electron chi connectivity index (χ4n) is 0.985. The topological polar surface area (TPSA) is 97.1 Å². The SMILES string of the molecule is CC(=O)Nc1nc(C(=O)NCC(C)(C)N)cs1.Cl.Cl. The molecule has 0 bridgehead atoms. The average Bonchev–Trinajstić information content (AvgIpc) is 2.60. The van der Waals surface area contributed by atoms with Crippen molar-refractivity contribution in [3.63, 3.8) is 0 Å². The van der Waals surface area contributed by atoms with Crippen LogP contribution in [0.3, 0.4) is 0 Å². The lowest BCUT2D eigenvalue weighted by atomic mass is 10.1. The normalized spacial score (nSPS) is 9.89. The summed E-state index contributed by atoms with van der Waals surface area (Å²) in [4.78, 5) is 26.4. The van der Waals surface area contributed by atoms with E-state index >= 15 is 0 Å². The Morgan fingerprint density at radius 2 is 2.00 bits per heavy atom. The number of carbonyl (C=O) groups excluding carboxylic acids is 2. The lowest BCUT2D eigenvalue weighted by molar-refractivity contribution is -0.114. The predicted molar refractivity (Wildman–Crippen MR) is 81.5 cm³/mol. The van der Waals surface area contributed by atoms with Crippen LogP contribution in [0.15, 0.2) is 5.38 Å². The molecule has 110 valence electrons. The molecule has 0 aromatic carbocycles. The minimum absolute atomic E-state index is 0. The van der Waals surface area contributed by atoms with E-state index in [1.54, 1.807) is 5.38 Å². The van der Waals surface area contributed by atoms with Gasteiger partial charge in [-0.2, -0.15) is 0 Å². The van der Waals surface area contributed by atoms with Gasteiger partial charge in [0.2, 0.25) is 5.91 Å². The summed E-state index contributed by atoms with van der Waals surface area (Å²) in [5.41, 5.74) is 5.56. The fraction of sp³-hybridized carbons (Fsp3) is 0.500. The Morgan fingerprint density at radius 1 is 1.42 bits per heavy atom. The van der Waals surface area contributed by atoms with E-state index in [1.807, 2.05) is 13.8 Å². The summed E-state index contributed by atoms with van der Waals surface area (Å²) < 4.78 is 0. The van der Waals surface area contributed by atoms with Crippen molar-refractivity contribution in [2.24, 2.45) is 5.73 Å². The van der Waals surface area contributed by atoms with Crippen LogP contribution in [0, 0.1) is 0 Å². The van der Waals surface area contributed by atoms with Crippen LogP contribution < -0.4 is 16.4 Å². The fourth-order valence-corrected chi connectivity index (χ4v) is 1.72. The van der Waals surface area contributed by atoms with E-state index in [0.717, 1.165) is 0 Å². The number of amides is 2. The molecule has 0 spiro atoms. The van der Waals surface area contributed by atoms with Gasteiger partial charge in [-0.3, -0.25) is 9.59 Å². The van der Waals surface area contributed by atoms with Crippen molar-refractivity contribution in [2.75, 3.05) is 11.9 Å². The van der Waals surface area contributed by atoms with Gasteiger partial charge in [0.05, 0.1) is 0 Å². The first-order chi connectivity index (χ1) is 7.78. The highest BCUT2D eigenvalue weighted by atomic mass is 35.5. The van der Waals surface area contributed by atoms with Crippen LogP contribution in [0.2, 0.25) is 0 Å². The van der Waals surface area contributed by atoms with Gasteiger partial charge in [0.15, 0.2) is 5.13 Å². The molecule has 0 aliphatic carbocycles. The summed E-state index contributed by atoms with van der Waals surface area (Å²) in [7, 11) is 0. The van der Waals surface area contributed by atoms with Crippen molar-refractivity contribution in [3.8, 4) is 0 Å². The van der Waals surface area contributed by atoms with E-state index in [9.17, 15) is 9.59 Å². The zero-order chi connectivity index (χ0) is 13.1. The smallest absolute Gasteiger partial charge is 0.270 e. The zero-order valence-corrected chi connectivity index (χ0v) is 13.3. The Bertz CT molecular complexity index is 431. The molecule has 0 unspecified atom stereocenters. The second kappa shape index (κ2) is 8.31. The maximum Gasteiger partial charge on any atom is 0.270 e. The minimum Gasteiger partial charge on any atom is -0.349 e. The highest BCUT2D eigenvalue weighted by Gasteiger charge is 2.15. The number of thiazole rings is 1. The van der Waals surface area contributed by atoms with Gasteiger partial charge >= 0.3 is 0 Å². The first kappa shape index (κ1) is 20.4. The van der Waals surface area contributed by atoms with Crippen molar-refractivity contribution < 1.29 is 9.59 Å². The van der Waals surface area contributed by atoms with Crippen molar-refractivity contribution in [3.05, 3.63) is 11.1 Å². The molecule has 1 heterocycles. The molecule has 1 rings (SSSR count). The number of nitrogens with two attached hydrogens (primary N) is 1. The number of anilines is 1. The van der Waals surface area contributed by atoms with Crippen LogP contribution in [-0.4, -0.2) is 28.9 Å². The number of nitrogens with zero attached hydrogens (tertiary/aromatic N) is 1. The lowest BCUT2D eigenvalue weighted by Crippen LogP contribution is -2.45. The van der Waals surface area contributed by atoms with Crippen molar-refractivity contribution >= 4 is 53.1 Å². The van der Waals surface area contributed by atoms with Gasteiger partial charge in [0, 0.05) is 24.4 Å². The summed E-state index contributed by atoms with van der Waals surface area (Å²) in [6.07, 6.45) is 0. The van der Waals surface area contributed by atoms with Crippen LogP contribution in [-0.2, 0) is 4.79 Å². The van der Waals surface area contributed by atoms with Crippen molar-refractivity contribution in [1.29, 1.82) is 0 Å². The highest BCUT2D eigenvalue weighted by molar-refractivity contribution is 7.14. The second-order valence-electron chi connectivity index (χ2n) is 4.39. The first-order valence-electron chi connectivity index (χ1n) is 5.08. The Hall–Kier alpha value is -0.890. The number of rotatable bonds is 4. The third-order valence-electron chi connectivity index (χ3n) is 1.72. The first-order valence-corrected chi connectivity index (χ1v) is 5.96. The van der Waals surface area contributed by atoms with E-state index in [4.69, 9.17) is 5.73 Å². The molecule has 9 heteroatoms. The van der Waals surface area contributed by atoms with Crippen molar-refractivity contribution in [2.45, 2.75) is 26.3 Å². The number of hydrogen-bond acceptors (Lipinski definition) is 5. The quantitative estimate of drug-likeness (QED) is 0.778. The van der Waals surface area contributed by atoms with Crippen LogP contribution >= 0.6 is 36.2 Å². The molecule has 0 atom stereocenters. The number of nitrogens with one attached hydrogen (secondary N) is 2. The molecule has 1 aromatic heterocycles. The van der Waals surface area contributed by atoms with Gasteiger partial charge in [-0.15, -0.1) is 36.2 Å². The average molecular weight is 329 g/mol. The van der Waals surface area contributed by atoms with Crippen LogP contribution in [0.1, 0.15) is 31.3 Å². The molecule has 0 aliphatic rings. The van der Waals surface area contributed by atoms with Crippen LogP contribution in [0.4, 0.5) is 5.13 Å². The third kappa shape index (κ3) is 7.99. The molecule has 19 heavy (non-hydrogen) atoms. The third-order valence-corrected chi connectivity index (χ3v) is 2.48. The maximum absolute atomic E-state index is 11.7. The summed E-state index contributed by atoms with van der Waals surface area (Å²) in [5.74, 6) is -0.509. The summed E-state index contributed by atoms with van der Waals surface area (Å²) >= 11 is 1.20. The highest BCUT2D eigenvalue weighted by Crippen LogP contribution is 2.15. The Kier molecular flexibility index (Phi) is 8.94. The molecular weight excluding hydrogens is 311 g/mol. The van der Waals surface area contributed by atoms with Gasteiger partial charge in [-0.05, 0) is 13.8 Å². The maximum atomic E-state index is 11.7. The van der Waals surface area contributed by atoms with Gasteiger partial charge < -0.3 is 16.4 Å². The van der Waals surface area contributed by atoms with Crippen LogP contribution in [0.5, 0.6) is 0 Å². The summed E-state index contributed by atoms with van der Waals surface area (Å²) in [5, 5.41) is 7.19.